The van der Waals surface area contributed by atoms with Crippen LogP contribution in [-0.2, 0) is 0 Å². The maximum atomic E-state index is 13.2. The molecule has 88 valence electrons. The normalized spacial score (nSPS) is 11.6. The Hall–Kier alpha value is -0.890. The van der Waals surface area contributed by atoms with Crippen LogP contribution in [0.15, 0.2) is 12.1 Å². The molecule has 1 nitrogen and oxygen atoms in total. The highest BCUT2D eigenvalue weighted by Gasteiger charge is 2.28. The summed E-state index contributed by atoms with van der Waals surface area (Å²) in [6, 6.07) is 2.73. The van der Waals surface area contributed by atoms with Gasteiger partial charge in [-0.2, -0.15) is 0 Å². The van der Waals surface area contributed by atoms with Gasteiger partial charge in [-0.3, -0.25) is 4.79 Å². The van der Waals surface area contributed by atoms with Crippen LogP contribution in [0, 0.1) is 18.2 Å². The molecule has 0 heterocycles. The van der Waals surface area contributed by atoms with Gasteiger partial charge < -0.3 is 0 Å². The van der Waals surface area contributed by atoms with Crippen molar-refractivity contribution in [3.05, 3.63) is 34.1 Å². The minimum absolute atomic E-state index is 0.0388. The molecule has 0 aliphatic heterocycles. The second-order valence-electron chi connectivity index (χ2n) is 4.65. The summed E-state index contributed by atoms with van der Waals surface area (Å²) in [6.07, 6.45) is 0.721. The van der Waals surface area contributed by atoms with Crippen LogP contribution in [0.1, 0.15) is 43.1 Å². The van der Waals surface area contributed by atoms with Gasteiger partial charge in [0.25, 0.3) is 0 Å². The first-order valence-corrected chi connectivity index (χ1v) is 5.68. The third-order valence-electron chi connectivity index (χ3n) is 2.99. The Balaban J connectivity index is 3.25. The van der Waals surface area contributed by atoms with Crippen molar-refractivity contribution in [2.24, 2.45) is 5.41 Å². The van der Waals surface area contributed by atoms with E-state index in [1.165, 1.54) is 12.1 Å². The van der Waals surface area contributed by atoms with Gasteiger partial charge in [0, 0.05) is 11.0 Å². The minimum Gasteiger partial charge on any atom is -0.294 e. The van der Waals surface area contributed by atoms with Gasteiger partial charge in [0.05, 0.1) is 5.02 Å². The average molecular weight is 243 g/mol. The third kappa shape index (κ3) is 2.43. The van der Waals surface area contributed by atoms with Crippen LogP contribution in [0.4, 0.5) is 4.39 Å². The van der Waals surface area contributed by atoms with Gasteiger partial charge in [-0.15, -0.1) is 0 Å². The van der Waals surface area contributed by atoms with E-state index in [-0.39, 0.29) is 16.6 Å². The highest BCUT2D eigenvalue weighted by molar-refractivity contribution is 6.34. The van der Waals surface area contributed by atoms with E-state index in [0.29, 0.717) is 11.1 Å². The fraction of sp³-hybridized carbons (Fsp3) is 0.462. The summed E-state index contributed by atoms with van der Waals surface area (Å²) in [5.74, 6) is -0.418. The molecule has 0 saturated carbocycles. The smallest absolute Gasteiger partial charge is 0.169 e. The summed E-state index contributed by atoms with van der Waals surface area (Å²) in [6.45, 7) is 7.30. The lowest BCUT2D eigenvalue weighted by atomic mass is 9.81. The number of halogens is 2. The molecule has 0 aliphatic rings. The number of carbonyl (C=O) groups excluding carboxylic acids is 1. The van der Waals surface area contributed by atoms with Gasteiger partial charge in [0.2, 0.25) is 0 Å². The number of carbonyl (C=O) groups is 1. The lowest BCUT2D eigenvalue weighted by Gasteiger charge is -2.21. The van der Waals surface area contributed by atoms with Crippen molar-refractivity contribution < 1.29 is 9.18 Å². The first kappa shape index (κ1) is 13.2. The largest absolute Gasteiger partial charge is 0.294 e. The first-order valence-electron chi connectivity index (χ1n) is 5.30. The maximum absolute atomic E-state index is 13.2. The molecule has 0 radical (unpaired) electrons. The Labute approximate surface area is 101 Å². The second-order valence-corrected chi connectivity index (χ2v) is 5.05. The fourth-order valence-electron chi connectivity index (χ4n) is 1.36. The Morgan fingerprint density at radius 2 is 2.00 bits per heavy atom. The van der Waals surface area contributed by atoms with Gasteiger partial charge in [-0.1, -0.05) is 32.4 Å². The van der Waals surface area contributed by atoms with Gasteiger partial charge in [-0.05, 0) is 31.0 Å². The lowest BCUT2D eigenvalue weighted by Crippen LogP contribution is -2.23. The minimum atomic E-state index is -0.464. The van der Waals surface area contributed by atoms with Crippen molar-refractivity contribution in [3.8, 4) is 0 Å². The van der Waals surface area contributed by atoms with Gasteiger partial charge >= 0.3 is 0 Å². The summed E-state index contributed by atoms with van der Waals surface area (Å²) in [4.78, 5) is 12.2. The maximum Gasteiger partial charge on any atom is 0.169 e. The summed E-state index contributed by atoms with van der Waals surface area (Å²) >= 11 is 5.90. The van der Waals surface area contributed by atoms with Crippen molar-refractivity contribution in [1.82, 2.24) is 0 Å². The van der Waals surface area contributed by atoms with E-state index in [9.17, 15) is 9.18 Å². The molecule has 0 amide bonds. The van der Waals surface area contributed by atoms with Crippen LogP contribution in [0.3, 0.4) is 0 Å². The molecule has 0 aromatic heterocycles. The van der Waals surface area contributed by atoms with Crippen LogP contribution in [0.2, 0.25) is 5.02 Å². The highest BCUT2D eigenvalue weighted by Crippen LogP contribution is 2.30. The quantitative estimate of drug-likeness (QED) is 0.718. The summed E-state index contributed by atoms with van der Waals surface area (Å²) in [5.41, 5.74) is 0.389. The van der Waals surface area contributed by atoms with Crippen molar-refractivity contribution in [2.45, 2.75) is 34.1 Å². The molecule has 1 aromatic carbocycles. The van der Waals surface area contributed by atoms with Crippen LogP contribution in [0.25, 0.3) is 0 Å². The van der Waals surface area contributed by atoms with E-state index in [0.717, 1.165) is 6.42 Å². The van der Waals surface area contributed by atoms with Crippen molar-refractivity contribution >= 4 is 17.4 Å². The van der Waals surface area contributed by atoms with Crippen molar-refractivity contribution in [1.29, 1.82) is 0 Å². The molecule has 3 heteroatoms. The Morgan fingerprint density at radius 1 is 1.44 bits per heavy atom. The van der Waals surface area contributed by atoms with E-state index in [1.54, 1.807) is 6.92 Å². The zero-order valence-corrected chi connectivity index (χ0v) is 10.8. The molecule has 0 spiro atoms. The van der Waals surface area contributed by atoms with Crippen LogP contribution in [-0.4, -0.2) is 5.78 Å². The summed E-state index contributed by atoms with van der Waals surface area (Å²) < 4.78 is 13.2. The molecule has 0 unspecified atom stereocenters. The summed E-state index contributed by atoms with van der Waals surface area (Å²) in [5, 5.41) is 0.189. The molecule has 0 aliphatic carbocycles. The molecule has 16 heavy (non-hydrogen) atoms. The molecule has 0 fully saturated rings. The molecular weight excluding hydrogens is 227 g/mol. The van der Waals surface area contributed by atoms with Gasteiger partial charge in [-0.25, -0.2) is 4.39 Å². The van der Waals surface area contributed by atoms with Gasteiger partial charge in [0.15, 0.2) is 5.78 Å². The predicted octanol–water partition coefficient (Wildman–Crippen LogP) is 4.41. The number of rotatable bonds is 3. The molecule has 0 saturated heterocycles. The average Bonchev–Trinajstić information content (AvgIpc) is 2.22. The van der Waals surface area contributed by atoms with Crippen LogP contribution < -0.4 is 0 Å². The number of Topliss-reactive ketones (excluding diaryl/α,β-unsaturated/α-hetero) is 1. The number of hydrogen-bond acceptors (Lipinski definition) is 1. The predicted molar refractivity (Wildman–Crippen MR) is 64.5 cm³/mol. The van der Waals surface area contributed by atoms with E-state index in [2.05, 4.69) is 0 Å². The lowest BCUT2D eigenvalue weighted by molar-refractivity contribution is 0.0833. The van der Waals surface area contributed by atoms with E-state index in [1.807, 2.05) is 20.8 Å². The number of ketones is 1. The Kier molecular flexibility index (Phi) is 3.74. The van der Waals surface area contributed by atoms with Crippen LogP contribution in [0.5, 0.6) is 0 Å². The summed E-state index contributed by atoms with van der Waals surface area (Å²) in [7, 11) is 0. The van der Waals surface area contributed by atoms with E-state index >= 15 is 0 Å². The van der Waals surface area contributed by atoms with Crippen molar-refractivity contribution in [3.63, 3.8) is 0 Å². The molecule has 0 N–H and O–H groups in total. The third-order valence-corrected chi connectivity index (χ3v) is 3.30. The molecular formula is C13H16ClFO. The second kappa shape index (κ2) is 4.54. The number of hydrogen-bond donors (Lipinski definition) is 0. The van der Waals surface area contributed by atoms with Gasteiger partial charge in [0.1, 0.15) is 5.82 Å². The first-order chi connectivity index (χ1) is 7.29. The molecule has 0 bridgehead atoms. The zero-order valence-electron chi connectivity index (χ0n) is 10.0. The SMILES string of the molecule is CCC(C)(C)C(=O)c1cc(C)c(F)cc1Cl. The Bertz CT molecular complexity index is 424. The molecule has 1 rings (SSSR count). The van der Waals surface area contributed by atoms with Crippen molar-refractivity contribution in [2.75, 3.05) is 0 Å². The molecule has 0 atom stereocenters. The number of aryl methyl sites for hydroxylation is 1. The zero-order chi connectivity index (χ0) is 12.5. The van der Waals surface area contributed by atoms with E-state index in [4.69, 9.17) is 11.6 Å². The topological polar surface area (TPSA) is 17.1 Å². The van der Waals surface area contributed by atoms with Crippen LogP contribution >= 0.6 is 11.6 Å². The molecule has 1 aromatic rings. The fourth-order valence-corrected chi connectivity index (χ4v) is 1.59. The standard InChI is InChI=1S/C13H16ClFO/c1-5-13(3,4)12(16)9-6-8(2)11(15)7-10(9)14/h6-7H,5H2,1-4H3. The highest BCUT2D eigenvalue weighted by atomic mass is 35.5. The Morgan fingerprint density at radius 3 is 2.50 bits per heavy atom. The van der Waals surface area contributed by atoms with E-state index < -0.39 is 5.41 Å². The number of benzene rings is 1. The monoisotopic (exact) mass is 242 g/mol.